The molecule has 0 bridgehead atoms. The topological polar surface area (TPSA) is 219 Å². The van der Waals surface area contributed by atoms with E-state index >= 15 is 0 Å². The molecular formula is C15H25NO12. The van der Waals surface area contributed by atoms with Gasteiger partial charge < -0.3 is 50.3 Å². The van der Waals surface area contributed by atoms with Crippen molar-refractivity contribution >= 4 is 5.91 Å². The Kier molecular flexibility index (Phi) is 7.12. The minimum atomic E-state index is -2.76. The Hall–Kier alpha value is -1.23. The Balaban J connectivity index is 2.48. The van der Waals surface area contributed by atoms with Gasteiger partial charge in [-0.25, -0.2) is 0 Å². The summed E-state index contributed by atoms with van der Waals surface area (Å²) in [7, 11) is 0. The van der Waals surface area contributed by atoms with Gasteiger partial charge in [-0.15, -0.1) is 0 Å². The molecule has 0 radical (unpaired) electrons. The van der Waals surface area contributed by atoms with Crippen LogP contribution in [0.3, 0.4) is 0 Å². The molecule has 0 spiro atoms. The number of carbonyl (C=O) groups is 1. The number of aliphatic hydroxyl groups excluding tert-OH is 8. The third-order valence-corrected chi connectivity index (χ3v) is 4.66. The Morgan fingerprint density at radius 1 is 0.964 bits per heavy atom. The molecule has 13 heteroatoms. The Labute approximate surface area is 159 Å². The highest BCUT2D eigenvalue weighted by atomic mass is 16.8. The maximum absolute atomic E-state index is 11.9. The fraction of sp³-hybridized carbons (Fsp3) is 0.800. The monoisotopic (exact) mass is 411 g/mol. The molecule has 9 N–H and O–H groups in total. The average molecular weight is 411 g/mol. The van der Waals surface area contributed by atoms with Gasteiger partial charge in [-0.05, 0) is 6.08 Å². The SMILES string of the molecule is C=CC(=O)N[C@@]1(OC2(CO)O[C@H](CO)[C@@H](O)[C@@H]2O)O[C@H](CO)[C@@H](O)[C@H](O)[C@H]1O. The van der Waals surface area contributed by atoms with E-state index < -0.39 is 80.2 Å². The lowest BCUT2D eigenvalue weighted by Crippen LogP contribution is -2.75. The van der Waals surface area contributed by atoms with Crippen LogP contribution < -0.4 is 5.32 Å². The number of hydrogen-bond acceptors (Lipinski definition) is 12. The average Bonchev–Trinajstić information content (AvgIpc) is 2.93. The molecule has 0 aliphatic carbocycles. The molecule has 13 nitrogen and oxygen atoms in total. The van der Waals surface area contributed by atoms with E-state index in [1.807, 2.05) is 5.32 Å². The van der Waals surface area contributed by atoms with Crippen LogP contribution >= 0.6 is 0 Å². The van der Waals surface area contributed by atoms with E-state index in [2.05, 4.69) is 6.58 Å². The summed E-state index contributed by atoms with van der Waals surface area (Å²) < 4.78 is 15.9. The van der Waals surface area contributed by atoms with E-state index in [1.54, 1.807) is 0 Å². The largest absolute Gasteiger partial charge is 0.394 e. The van der Waals surface area contributed by atoms with E-state index in [-0.39, 0.29) is 0 Å². The van der Waals surface area contributed by atoms with Gasteiger partial charge >= 0.3 is 0 Å². The van der Waals surface area contributed by atoms with Gasteiger partial charge in [-0.2, -0.15) is 0 Å². The number of nitrogens with one attached hydrogen (secondary N) is 1. The fourth-order valence-electron chi connectivity index (χ4n) is 3.09. The van der Waals surface area contributed by atoms with Crippen molar-refractivity contribution < 1.29 is 59.9 Å². The highest BCUT2D eigenvalue weighted by molar-refractivity contribution is 5.87. The minimum absolute atomic E-state index is 0.746. The number of ether oxygens (including phenoxy) is 3. The second-order valence-corrected chi connectivity index (χ2v) is 6.47. The highest BCUT2D eigenvalue weighted by Gasteiger charge is 2.64. The summed E-state index contributed by atoms with van der Waals surface area (Å²) in [5.74, 6) is -6.28. The van der Waals surface area contributed by atoms with Crippen molar-refractivity contribution in [2.24, 2.45) is 0 Å². The van der Waals surface area contributed by atoms with Gasteiger partial charge in [0.2, 0.25) is 11.7 Å². The third kappa shape index (κ3) is 3.79. The maximum atomic E-state index is 11.9. The fourth-order valence-corrected chi connectivity index (χ4v) is 3.09. The molecule has 1 amide bonds. The standard InChI is InChI=1S/C15H25NO12/c1-2-8(20)16-15(13(25)11(23)9(21)6(3-17)27-15)28-14(5-19)12(24)10(22)7(4-18)26-14/h2,6-7,9-13,17-19,21-25H,1,3-5H2,(H,16,20)/t6-,7-,9-,10-,11+,12+,13-,14?,15-/m1/s1. The number of aliphatic hydroxyl groups is 8. The molecule has 28 heavy (non-hydrogen) atoms. The lowest BCUT2D eigenvalue weighted by Gasteiger charge is -2.50. The third-order valence-electron chi connectivity index (χ3n) is 4.66. The van der Waals surface area contributed by atoms with Crippen LogP contribution in [0, 0.1) is 0 Å². The summed E-state index contributed by atoms with van der Waals surface area (Å²) in [5, 5.41) is 81.1. The predicted octanol–water partition coefficient (Wildman–Crippen LogP) is -5.77. The minimum Gasteiger partial charge on any atom is -0.394 e. The van der Waals surface area contributed by atoms with Crippen LogP contribution in [0.2, 0.25) is 0 Å². The lowest BCUT2D eigenvalue weighted by atomic mass is 9.95. The molecule has 9 atom stereocenters. The molecule has 0 saturated carbocycles. The Morgan fingerprint density at radius 3 is 2.00 bits per heavy atom. The highest BCUT2D eigenvalue weighted by Crippen LogP contribution is 2.39. The molecule has 2 rings (SSSR count). The summed E-state index contributed by atoms with van der Waals surface area (Å²) in [6.07, 6.45) is -11.9. The van der Waals surface area contributed by atoms with Crippen LogP contribution in [0.4, 0.5) is 0 Å². The van der Waals surface area contributed by atoms with Crippen molar-refractivity contribution in [3.63, 3.8) is 0 Å². The first-order valence-electron chi connectivity index (χ1n) is 8.34. The zero-order valence-electron chi connectivity index (χ0n) is 14.7. The Bertz CT molecular complexity index is 575. The molecule has 0 aromatic heterocycles. The first kappa shape index (κ1) is 23.1. The molecule has 2 saturated heterocycles. The summed E-state index contributed by atoms with van der Waals surface area (Å²) in [4.78, 5) is 11.9. The molecule has 2 aliphatic rings. The van der Waals surface area contributed by atoms with Gasteiger partial charge in [-0.3, -0.25) is 14.8 Å². The zero-order valence-corrected chi connectivity index (χ0v) is 14.7. The van der Waals surface area contributed by atoms with Crippen molar-refractivity contribution in [1.29, 1.82) is 0 Å². The zero-order chi connectivity index (χ0) is 21.3. The first-order chi connectivity index (χ1) is 13.1. The molecule has 2 aliphatic heterocycles. The van der Waals surface area contributed by atoms with E-state index in [9.17, 15) is 45.6 Å². The van der Waals surface area contributed by atoms with Gasteiger partial charge in [0.25, 0.3) is 5.91 Å². The summed E-state index contributed by atoms with van der Waals surface area (Å²) >= 11 is 0. The second kappa shape index (κ2) is 8.64. The van der Waals surface area contributed by atoms with E-state index in [4.69, 9.17) is 14.2 Å². The van der Waals surface area contributed by atoms with Gasteiger partial charge in [0, 0.05) is 0 Å². The molecule has 2 heterocycles. The molecule has 0 aromatic rings. The lowest BCUT2D eigenvalue weighted by molar-refractivity contribution is -0.440. The van der Waals surface area contributed by atoms with Crippen molar-refractivity contribution in [3.8, 4) is 0 Å². The van der Waals surface area contributed by atoms with Crippen LogP contribution in [0.15, 0.2) is 12.7 Å². The molecule has 2 fully saturated rings. The smallest absolute Gasteiger partial charge is 0.284 e. The summed E-state index contributed by atoms with van der Waals surface area (Å²) in [6.45, 7) is 0.405. The normalized spacial score (nSPS) is 46.4. The van der Waals surface area contributed by atoms with Crippen LogP contribution in [-0.2, 0) is 19.0 Å². The van der Waals surface area contributed by atoms with Crippen LogP contribution in [0.5, 0.6) is 0 Å². The van der Waals surface area contributed by atoms with Crippen LogP contribution in [-0.4, -0.2) is 121 Å². The van der Waals surface area contributed by atoms with Crippen LogP contribution in [0.25, 0.3) is 0 Å². The Morgan fingerprint density at radius 2 is 1.54 bits per heavy atom. The van der Waals surface area contributed by atoms with E-state index in [0.717, 1.165) is 6.08 Å². The van der Waals surface area contributed by atoms with Gasteiger partial charge in [0.05, 0.1) is 13.2 Å². The van der Waals surface area contributed by atoms with Crippen molar-refractivity contribution in [2.45, 2.75) is 54.4 Å². The number of hydrogen-bond donors (Lipinski definition) is 9. The first-order valence-corrected chi connectivity index (χ1v) is 8.34. The van der Waals surface area contributed by atoms with Gasteiger partial charge in [0.1, 0.15) is 43.2 Å². The molecule has 162 valence electrons. The van der Waals surface area contributed by atoms with Gasteiger partial charge in [0.15, 0.2) is 6.10 Å². The van der Waals surface area contributed by atoms with E-state index in [1.165, 1.54) is 0 Å². The number of rotatable bonds is 7. The quantitative estimate of drug-likeness (QED) is 0.141. The summed E-state index contributed by atoms with van der Waals surface area (Å²) in [5.41, 5.74) is 0. The van der Waals surface area contributed by atoms with Crippen molar-refractivity contribution in [1.82, 2.24) is 5.32 Å². The number of amides is 1. The van der Waals surface area contributed by atoms with Crippen molar-refractivity contribution in [3.05, 3.63) is 12.7 Å². The molecule has 1 unspecified atom stereocenters. The second-order valence-electron chi connectivity index (χ2n) is 6.47. The van der Waals surface area contributed by atoms with Crippen LogP contribution in [0.1, 0.15) is 0 Å². The molecular weight excluding hydrogens is 386 g/mol. The maximum Gasteiger partial charge on any atom is 0.284 e. The van der Waals surface area contributed by atoms with Crippen molar-refractivity contribution in [2.75, 3.05) is 19.8 Å². The summed E-state index contributed by atoms with van der Waals surface area (Å²) in [6, 6.07) is 0. The predicted molar refractivity (Wildman–Crippen MR) is 85.9 cm³/mol. The molecule has 0 aromatic carbocycles. The number of carbonyl (C=O) groups excluding carboxylic acids is 1. The van der Waals surface area contributed by atoms with Gasteiger partial charge in [-0.1, -0.05) is 6.58 Å². The van der Waals surface area contributed by atoms with E-state index in [0.29, 0.717) is 0 Å².